The Hall–Kier alpha value is -3.18. The molecule has 4 rings (SSSR count). The molecule has 0 bridgehead atoms. The minimum Gasteiger partial charge on any atom is -0.278 e. The number of tetrazole rings is 1. The summed E-state index contributed by atoms with van der Waals surface area (Å²) in [5.74, 6) is 0.140. The van der Waals surface area contributed by atoms with Crippen molar-refractivity contribution >= 4 is 27.0 Å². The van der Waals surface area contributed by atoms with Crippen LogP contribution < -0.4 is 4.72 Å². The second-order valence-electron chi connectivity index (χ2n) is 5.81. The second-order valence-corrected chi connectivity index (χ2v) is 8.30. The van der Waals surface area contributed by atoms with E-state index in [2.05, 4.69) is 25.2 Å². The molecule has 0 fully saturated rings. The van der Waals surface area contributed by atoms with Gasteiger partial charge in [0.15, 0.2) is 10.9 Å². The number of rotatable bonds is 5. The predicted molar refractivity (Wildman–Crippen MR) is 103 cm³/mol. The van der Waals surface area contributed by atoms with E-state index in [-0.39, 0.29) is 10.8 Å². The molecule has 28 heavy (non-hydrogen) atoms. The monoisotopic (exact) mass is 416 g/mol. The zero-order chi connectivity index (χ0) is 19.7. The lowest BCUT2D eigenvalue weighted by Crippen LogP contribution is -2.13. The molecule has 0 atom stereocenters. The standard InChI is InChI=1S/C17H13FN6O2S2/c1-24-16(20-22-23-24)12-3-2-4-14(9-12)21-28(25,26)15-10-27-17(19-15)11-5-7-13(18)8-6-11/h2-10,21H,1H3. The SMILES string of the molecule is Cn1nnnc1-c1cccc(NS(=O)(=O)c2csc(-c3ccc(F)cc3)n2)c1. The predicted octanol–water partition coefficient (Wildman–Crippen LogP) is 2.94. The molecule has 2 heterocycles. The van der Waals surface area contributed by atoms with Crippen molar-refractivity contribution in [3.05, 3.63) is 59.7 Å². The van der Waals surface area contributed by atoms with Crippen LogP contribution in [0.25, 0.3) is 22.0 Å². The van der Waals surface area contributed by atoms with Crippen LogP contribution in [0, 0.1) is 5.82 Å². The molecule has 0 saturated heterocycles. The average Bonchev–Trinajstić information content (AvgIpc) is 3.32. The third-order valence-corrected chi connectivity index (χ3v) is 6.15. The summed E-state index contributed by atoms with van der Waals surface area (Å²) in [7, 11) is -2.19. The summed E-state index contributed by atoms with van der Waals surface area (Å²) >= 11 is 1.17. The minimum absolute atomic E-state index is 0.109. The molecule has 0 aliphatic carbocycles. The zero-order valence-corrected chi connectivity index (χ0v) is 16.1. The van der Waals surface area contributed by atoms with E-state index in [9.17, 15) is 12.8 Å². The Bertz CT molecular complexity index is 1230. The number of thiazole rings is 1. The van der Waals surface area contributed by atoms with Crippen molar-refractivity contribution in [3.63, 3.8) is 0 Å². The van der Waals surface area contributed by atoms with Crippen molar-refractivity contribution < 1.29 is 12.8 Å². The van der Waals surface area contributed by atoms with E-state index >= 15 is 0 Å². The topological polar surface area (TPSA) is 103 Å². The highest BCUT2D eigenvalue weighted by atomic mass is 32.2. The minimum atomic E-state index is -3.89. The lowest BCUT2D eigenvalue weighted by Gasteiger charge is -2.07. The van der Waals surface area contributed by atoms with E-state index in [1.807, 2.05) is 0 Å². The van der Waals surface area contributed by atoms with Crippen LogP contribution in [-0.2, 0) is 17.1 Å². The molecule has 1 N–H and O–H groups in total. The molecule has 8 nitrogen and oxygen atoms in total. The number of benzene rings is 2. The molecule has 0 aliphatic rings. The number of halogens is 1. The summed E-state index contributed by atoms with van der Waals surface area (Å²) < 4.78 is 42.4. The highest BCUT2D eigenvalue weighted by Gasteiger charge is 2.19. The molecule has 11 heteroatoms. The number of hydrogen-bond acceptors (Lipinski definition) is 7. The molecule has 0 radical (unpaired) electrons. The van der Waals surface area contributed by atoms with Crippen molar-refractivity contribution in [2.45, 2.75) is 5.03 Å². The Kier molecular flexibility index (Phi) is 4.61. The van der Waals surface area contributed by atoms with Gasteiger partial charge in [-0.2, -0.15) is 8.42 Å². The van der Waals surface area contributed by atoms with Gasteiger partial charge in [-0.05, 0) is 46.8 Å². The number of anilines is 1. The maximum absolute atomic E-state index is 13.1. The quantitative estimate of drug-likeness (QED) is 0.537. The van der Waals surface area contributed by atoms with Crippen molar-refractivity contribution in [1.29, 1.82) is 0 Å². The van der Waals surface area contributed by atoms with Crippen LogP contribution in [0.5, 0.6) is 0 Å². The third kappa shape index (κ3) is 3.62. The fourth-order valence-electron chi connectivity index (χ4n) is 2.51. The van der Waals surface area contributed by atoms with Gasteiger partial charge in [-0.25, -0.2) is 14.1 Å². The molecule has 142 valence electrons. The van der Waals surface area contributed by atoms with Crippen molar-refractivity contribution in [2.24, 2.45) is 7.05 Å². The fraction of sp³-hybridized carbons (Fsp3) is 0.0588. The largest absolute Gasteiger partial charge is 0.280 e. The van der Waals surface area contributed by atoms with Crippen molar-refractivity contribution in [3.8, 4) is 22.0 Å². The van der Waals surface area contributed by atoms with E-state index in [0.29, 0.717) is 27.6 Å². The second kappa shape index (κ2) is 7.09. The molecule has 0 amide bonds. The highest BCUT2D eigenvalue weighted by Crippen LogP contribution is 2.27. The number of aromatic nitrogens is 5. The van der Waals surface area contributed by atoms with E-state index in [4.69, 9.17) is 0 Å². The van der Waals surface area contributed by atoms with Gasteiger partial charge in [-0.15, -0.1) is 16.4 Å². The fourth-order valence-corrected chi connectivity index (χ4v) is 4.66. The summed E-state index contributed by atoms with van der Waals surface area (Å²) in [5, 5.41) is 13.1. The van der Waals surface area contributed by atoms with Gasteiger partial charge in [0.25, 0.3) is 10.0 Å². The van der Waals surface area contributed by atoms with Gasteiger partial charge in [0.05, 0.1) is 0 Å². The molecule has 0 unspecified atom stereocenters. The smallest absolute Gasteiger partial charge is 0.278 e. The van der Waals surface area contributed by atoms with E-state index in [1.54, 1.807) is 43.4 Å². The van der Waals surface area contributed by atoms with Crippen LogP contribution in [0.3, 0.4) is 0 Å². The number of aryl methyl sites for hydroxylation is 1. The van der Waals surface area contributed by atoms with Crippen LogP contribution in [0.15, 0.2) is 58.9 Å². The number of nitrogens with one attached hydrogen (secondary N) is 1. The Balaban J connectivity index is 1.60. The van der Waals surface area contributed by atoms with Crippen LogP contribution in [0.4, 0.5) is 10.1 Å². The van der Waals surface area contributed by atoms with E-state index in [0.717, 1.165) is 0 Å². The maximum atomic E-state index is 13.1. The number of nitrogens with zero attached hydrogens (tertiary/aromatic N) is 5. The first kappa shape index (κ1) is 18.2. The number of sulfonamides is 1. The Morgan fingerprint density at radius 1 is 1.11 bits per heavy atom. The third-order valence-electron chi connectivity index (χ3n) is 3.84. The van der Waals surface area contributed by atoms with Gasteiger partial charge in [0.2, 0.25) is 0 Å². The van der Waals surface area contributed by atoms with E-state index in [1.165, 1.54) is 33.5 Å². The van der Waals surface area contributed by atoms with Crippen LogP contribution in [-0.4, -0.2) is 33.6 Å². The van der Waals surface area contributed by atoms with Crippen LogP contribution in [0.2, 0.25) is 0 Å². The van der Waals surface area contributed by atoms with Crippen molar-refractivity contribution in [1.82, 2.24) is 25.2 Å². The van der Waals surface area contributed by atoms with Crippen LogP contribution >= 0.6 is 11.3 Å². The van der Waals surface area contributed by atoms with Gasteiger partial charge >= 0.3 is 0 Å². The molecule has 4 aromatic rings. The Morgan fingerprint density at radius 2 is 1.89 bits per heavy atom. The zero-order valence-electron chi connectivity index (χ0n) is 14.4. The molecular weight excluding hydrogens is 403 g/mol. The lowest BCUT2D eigenvalue weighted by atomic mass is 10.2. The van der Waals surface area contributed by atoms with E-state index < -0.39 is 10.0 Å². The first-order valence-electron chi connectivity index (χ1n) is 7.99. The summed E-state index contributed by atoms with van der Waals surface area (Å²) in [6.07, 6.45) is 0. The Labute approximate surface area is 163 Å². The van der Waals surface area contributed by atoms with Gasteiger partial charge in [-0.3, -0.25) is 4.72 Å². The van der Waals surface area contributed by atoms with Gasteiger partial charge in [0, 0.05) is 29.2 Å². The first-order chi connectivity index (χ1) is 13.4. The summed E-state index contributed by atoms with van der Waals surface area (Å²) in [5.41, 5.74) is 1.67. The maximum Gasteiger partial charge on any atom is 0.280 e. The Morgan fingerprint density at radius 3 is 2.61 bits per heavy atom. The van der Waals surface area contributed by atoms with Gasteiger partial charge in [0.1, 0.15) is 10.8 Å². The summed E-state index contributed by atoms with van der Waals surface area (Å²) in [6.45, 7) is 0. The molecule has 2 aromatic heterocycles. The molecule has 0 aliphatic heterocycles. The normalized spacial score (nSPS) is 11.5. The van der Waals surface area contributed by atoms with Crippen LogP contribution in [0.1, 0.15) is 0 Å². The summed E-state index contributed by atoms with van der Waals surface area (Å²) in [4.78, 5) is 4.17. The highest BCUT2D eigenvalue weighted by molar-refractivity contribution is 7.92. The number of hydrogen-bond donors (Lipinski definition) is 1. The molecule has 2 aromatic carbocycles. The van der Waals surface area contributed by atoms with Crippen molar-refractivity contribution in [2.75, 3.05) is 4.72 Å². The average molecular weight is 416 g/mol. The molecule has 0 saturated carbocycles. The first-order valence-corrected chi connectivity index (χ1v) is 10.4. The molecular formula is C17H13FN6O2S2. The van der Waals surface area contributed by atoms with Gasteiger partial charge in [-0.1, -0.05) is 12.1 Å². The lowest BCUT2D eigenvalue weighted by molar-refractivity contribution is 0.598. The summed E-state index contributed by atoms with van der Waals surface area (Å²) in [6, 6.07) is 12.4. The van der Waals surface area contributed by atoms with Gasteiger partial charge < -0.3 is 0 Å². The molecule has 0 spiro atoms.